The fourth-order valence-electron chi connectivity index (χ4n) is 2.72. The number of ether oxygens (including phenoxy) is 2. The lowest BCUT2D eigenvalue weighted by Gasteiger charge is -2.29. The van der Waals surface area contributed by atoms with Crippen molar-refractivity contribution in [3.8, 4) is 11.5 Å². The zero-order chi connectivity index (χ0) is 17.8. The van der Waals surface area contributed by atoms with Crippen molar-refractivity contribution in [3.63, 3.8) is 0 Å². The number of nitrogens with zero attached hydrogens (tertiary/aromatic N) is 1. The molecular formula is C19H20N2O4. The van der Waals surface area contributed by atoms with Crippen molar-refractivity contribution >= 4 is 23.2 Å². The third kappa shape index (κ3) is 3.57. The molecule has 0 fully saturated rings. The first-order valence-electron chi connectivity index (χ1n) is 8.15. The maximum Gasteiger partial charge on any atom is 0.265 e. The second kappa shape index (κ2) is 7.25. The van der Waals surface area contributed by atoms with Crippen molar-refractivity contribution in [2.75, 3.05) is 30.5 Å². The highest BCUT2D eigenvalue weighted by Gasteiger charge is 2.25. The van der Waals surface area contributed by atoms with E-state index in [1.165, 1.54) is 0 Å². The molecule has 0 saturated carbocycles. The molecule has 1 heterocycles. The highest BCUT2D eigenvalue weighted by atomic mass is 16.5. The van der Waals surface area contributed by atoms with Crippen molar-refractivity contribution in [3.05, 3.63) is 48.0 Å². The Morgan fingerprint density at radius 1 is 1.28 bits per heavy atom. The molecule has 3 rings (SSSR count). The van der Waals surface area contributed by atoms with Crippen LogP contribution < -0.4 is 19.7 Å². The minimum absolute atomic E-state index is 0.0142. The number of anilines is 2. The molecule has 0 bridgehead atoms. The van der Waals surface area contributed by atoms with Gasteiger partial charge in [-0.1, -0.05) is 13.0 Å². The molecular weight excluding hydrogens is 320 g/mol. The van der Waals surface area contributed by atoms with Gasteiger partial charge in [-0.15, -0.1) is 0 Å². The summed E-state index contributed by atoms with van der Waals surface area (Å²) in [5.74, 6) is 0.922. The number of carbonyl (C=O) groups excluding carboxylic acids is 2. The Bertz CT molecular complexity index is 804. The molecule has 2 aromatic carbocycles. The van der Waals surface area contributed by atoms with Gasteiger partial charge in [0.25, 0.3) is 11.8 Å². The maximum absolute atomic E-state index is 12.4. The van der Waals surface area contributed by atoms with E-state index in [0.717, 1.165) is 12.1 Å². The van der Waals surface area contributed by atoms with Crippen molar-refractivity contribution in [2.45, 2.75) is 13.3 Å². The normalized spacial score (nSPS) is 13.0. The Balaban J connectivity index is 1.80. The summed E-state index contributed by atoms with van der Waals surface area (Å²) in [4.78, 5) is 26.1. The first-order valence-corrected chi connectivity index (χ1v) is 8.15. The highest BCUT2D eigenvalue weighted by Crippen LogP contribution is 2.34. The van der Waals surface area contributed by atoms with Gasteiger partial charge >= 0.3 is 0 Å². The van der Waals surface area contributed by atoms with Gasteiger partial charge in [0.1, 0.15) is 11.5 Å². The van der Waals surface area contributed by atoms with Crippen LogP contribution in [0, 0.1) is 0 Å². The van der Waals surface area contributed by atoms with Gasteiger partial charge in [-0.05, 0) is 36.8 Å². The molecule has 6 nitrogen and oxygen atoms in total. The van der Waals surface area contributed by atoms with E-state index in [0.29, 0.717) is 29.3 Å². The minimum atomic E-state index is -0.240. The number of rotatable bonds is 5. The van der Waals surface area contributed by atoms with Gasteiger partial charge in [-0.25, -0.2) is 0 Å². The molecule has 0 unspecified atom stereocenters. The van der Waals surface area contributed by atoms with Gasteiger partial charge in [0.15, 0.2) is 6.61 Å². The summed E-state index contributed by atoms with van der Waals surface area (Å²) in [6.07, 6.45) is 0.861. The number of benzene rings is 2. The van der Waals surface area contributed by atoms with Crippen LogP contribution in [0.1, 0.15) is 23.7 Å². The van der Waals surface area contributed by atoms with Crippen LogP contribution in [0.5, 0.6) is 11.5 Å². The van der Waals surface area contributed by atoms with Gasteiger partial charge in [-0.2, -0.15) is 0 Å². The van der Waals surface area contributed by atoms with E-state index >= 15 is 0 Å². The van der Waals surface area contributed by atoms with Crippen LogP contribution in [0.2, 0.25) is 0 Å². The average Bonchev–Trinajstić information content (AvgIpc) is 2.64. The Morgan fingerprint density at radius 3 is 2.88 bits per heavy atom. The summed E-state index contributed by atoms with van der Waals surface area (Å²) < 4.78 is 10.7. The number of hydrogen-bond donors (Lipinski definition) is 1. The van der Waals surface area contributed by atoms with Gasteiger partial charge in [-0.3, -0.25) is 9.59 Å². The molecule has 0 aliphatic carbocycles. The van der Waals surface area contributed by atoms with Gasteiger partial charge in [0.05, 0.1) is 12.8 Å². The molecule has 0 atom stereocenters. The molecule has 1 aliphatic rings. The van der Waals surface area contributed by atoms with E-state index in [4.69, 9.17) is 9.47 Å². The molecule has 2 aromatic rings. The Labute approximate surface area is 146 Å². The molecule has 2 amide bonds. The topological polar surface area (TPSA) is 67.9 Å². The second-order valence-corrected chi connectivity index (χ2v) is 5.70. The van der Waals surface area contributed by atoms with E-state index in [1.807, 2.05) is 6.92 Å². The average molecular weight is 340 g/mol. The number of amides is 2. The van der Waals surface area contributed by atoms with Gasteiger partial charge in [0.2, 0.25) is 0 Å². The van der Waals surface area contributed by atoms with Crippen LogP contribution in [-0.2, 0) is 4.79 Å². The molecule has 0 radical (unpaired) electrons. The molecule has 1 N–H and O–H groups in total. The molecule has 6 heteroatoms. The second-order valence-electron chi connectivity index (χ2n) is 5.70. The van der Waals surface area contributed by atoms with E-state index in [1.54, 1.807) is 54.5 Å². The summed E-state index contributed by atoms with van der Waals surface area (Å²) >= 11 is 0. The predicted molar refractivity (Wildman–Crippen MR) is 95.5 cm³/mol. The summed E-state index contributed by atoms with van der Waals surface area (Å²) in [5, 5.41) is 2.84. The minimum Gasteiger partial charge on any atom is -0.497 e. The van der Waals surface area contributed by atoms with E-state index < -0.39 is 0 Å². The third-order valence-electron chi connectivity index (χ3n) is 3.94. The van der Waals surface area contributed by atoms with E-state index in [-0.39, 0.29) is 18.4 Å². The number of fused-ring (bicyclic) bond motifs is 1. The lowest BCUT2D eigenvalue weighted by Crippen LogP contribution is -2.39. The number of nitrogens with one attached hydrogen (secondary N) is 1. The fraction of sp³-hybridized carbons (Fsp3) is 0.263. The molecule has 0 saturated heterocycles. The van der Waals surface area contributed by atoms with Crippen LogP contribution in [0.25, 0.3) is 0 Å². The number of hydrogen-bond acceptors (Lipinski definition) is 4. The monoisotopic (exact) mass is 340 g/mol. The lowest BCUT2D eigenvalue weighted by atomic mass is 10.1. The van der Waals surface area contributed by atoms with Crippen LogP contribution in [0.15, 0.2) is 42.5 Å². The Morgan fingerprint density at radius 2 is 2.12 bits per heavy atom. The molecule has 0 aromatic heterocycles. The zero-order valence-corrected chi connectivity index (χ0v) is 14.2. The van der Waals surface area contributed by atoms with Crippen molar-refractivity contribution in [1.82, 2.24) is 0 Å². The lowest BCUT2D eigenvalue weighted by molar-refractivity contribution is -0.121. The van der Waals surface area contributed by atoms with Crippen molar-refractivity contribution < 1.29 is 19.1 Å². The maximum atomic E-state index is 12.4. The van der Waals surface area contributed by atoms with Crippen molar-refractivity contribution in [2.24, 2.45) is 0 Å². The Kier molecular flexibility index (Phi) is 4.88. The number of methoxy groups -OCH3 is 1. The summed E-state index contributed by atoms with van der Waals surface area (Å²) in [6, 6.07) is 12.2. The molecule has 0 spiro atoms. The Hall–Kier alpha value is -3.02. The zero-order valence-electron chi connectivity index (χ0n) is 14.2. The molecule has 1 aliphatic heterocycles. The van der Waals surface area contributed by atoms with Gasteiger partial charge < -0.3 is 19.7 Å². The molecule has 25 heavy (non-hydrogen) atoms. The predicted octanol–water partition coefficient (Wildman–Crippen LogP) is 3.08. The van der Waals surface area contributed by atoms with Crippen molar-refractivity contribution in [1.29, 1.82) is 0 Å². The molecule has 130 valence electrons. The van der Waals surface area contributed by atoms with Gasteiger partial charge in [0, 0.05) is 23.9 Å². The van der Waals surface area contributed by atoms with Crippen LogP contribution in [0.4, 0.5) is 11.4 Å². The highest BCUT2D eigenvalue weighted by molar-refractivity contribution is 6.05. The largest absolute Gasteiger partial charge is 0.497 e. The summed E-state index contributed by atoms with van der Waals surface area (Å²) in [5.41, 5.74) is 1.84. The third-order valence-corrected chi connectivity index (χ3v) is 3.94. The first-order chi connectivity index (χ1) is 12.1. The smallest absolute Gasteiger partial charge is 0.265 e. The van der Waals surface area contributed by atoms with E-state index in [9.17, 15) is 9.59 Å². The SMILES string of the molecule is CCCN1C(=O)COc2cc(NC(=O)c3cccc(OC)c3)ccc21. The van der Waals surface area contributed by atoms with Crippen LogP contribution in [-0.4, -0.2) is 32.1 Å². The number of carbonyl (C=O) groups is 2. The standard InChI is InChI=1S/C19H20N2O4/c1-3-9-21-16-8-7-14(11-17(16)25-12-18(21)22)20-19(23)13-5-4-6-15(10-13)24-2/h4-8,10-11H,3,9,12H2,1-2H3,(H,20,23). The van der Waals surface area contributed by atoms with Crippen LogP contribution in [0.3, 0.4) is 0 Å². The van der Waals surface area contributed by atoms with Crippen LogP contribution >= 0.6 is 0 Å². The van der Waals surface area contributed by atoms with E-state index in [2.05, 4.69) is 5.32 Å². The summed E-state index contributed by atoms with van der Waals surface area (Å²) in [7, 11) is 1.56. The fourth-order valence-corrected chi connectivity index (χ4v) is 2.72. The summed E-state index contributed by atoms with van der Waals surface area (Å²) in [6.45, 7) is 2.68. The first kappa shape index (κ1) is 16.8. The quantitative estimate of drug-likeness (QED) is 0.908.